The van der Waals surface area contributed by atoms with Crippen LogP contribution in [0.4, 0.5) is 0 Å². The number of benzene rings is 1. The summed E-state index contributed by atoms with van der Waals surface area (Å²) >= 11 is 0. The van der Waals surface area contributed by atoms with Crippen LogP contribution in [0, 0.1) is 6.92 Å². The van der Waals surface area contributed by atoms with E-state index in [9.17, 15) is 4.79 Å². The van der Waals surface area contributed by atoms with Gasteiger partial charge in [-0.1, -0.05) is 18.2 Å². The Morgan fingerprint density at radius 1 is 1.32 bits per heavy atom. The van der Waals surface area contributed by atoms with E-state index < -0.39 is 0 Å². The van der Waals surface area contributed by atoms with Crippen LogP contribution in [0.1, 0.15) is 21.6 Å². The number of nitrogens with zero attached hydrogens (tertiary/aromatic N) is 2. The van der Waals surface area contributed by atoms with Crippen LogP contribution >= 0.6 is 0 Å². The quantitative estimate of drug-likeness (QED) is 0.624. The van der Waals surface area contributed by atoms with Crippen molar-refractivity contribution >= 4 is 11.9 Å². The van der Waals surface area contributed by atoms with Crippen molar-refractivity contribution in [3.05, 3.63) is 53.4 Å². The van der Waals surface area contributed by atoms with E-state index in [1.54, 1.807) is 37.2 Å². The molecule has 2 rings (SSSR count). The second-order valence-electron chi connectivity index (χ2n) is 4.27. The highest BCUT2D eigenvalue weighted by atomic mass is 16.5. The van der Waals surface area contributed by atoms with Gasteiger partial charge in [-0.2, -0.15) is 5.10 Å². The molecular formula is C15H16N2O2. The van der Waals surface area contributed by atoms with Crippen molar-refractivity contribution in [1.82, 2.24) is 9.78 Å². The van der Waals surface area contributed by atoms with Crippen LogP contribution in [-0.2, 0) is 7.05 Å². The molecule has 1 aromatic heterocycles. The van der Waals surface area contributed by atoms with Crippen molar-refractivity contribution in [3.8, 4) is 5.75 Å². The van der Waals surface area contributed by atoms with Gasteiger partial charge in [-0.3, -0.25) is 9.48 Å². The molecule has 0 N–H and O–H groups in total. The van der Waals surface area contributed by atoms with Crippen molar-refractivity contribution < 1.29 is 9.53 Å². The summed E-state index contributed by atoms with van der Waals surface area (Å²) in [7, 11) is 3.43. The second-order valence-corrected chi connectivity index (χ2v) is 4.27. The fraction of sp³-hybridized carbons (Fsp3) is 0.200. The van der Waals surface area contributed by atoms with E-state index in [0.29, 0.717) is 5.56 Å². The lowest BCUT2D eigenvalue weighted by Gasteiger charge is -1.98. The normalized spacial score (nSPS) is 10.9. The van der Waals surface area contributed by atoms with Gasteiger partial charge in [0.1, 0.15) is 5.75 Å². The molecule has 0 saturated heterocycles. The van der Waals surface area contributed by atoms with Gasteiger partial charge in [0, 0.05) is 13.2 Å². The molecule has 0 aliphatic rings. The first-order valence-corrected chi connectivity index (χ1v) is 5.97. The molecule has 2 aromatic rings. The summed E-state index contributed by atoms with van der Waals surface area (Å²) in [6.45, 7) is 1.83. The number of carbonyl (C=O) groups is 1. The molecule has 0 aliphatic carbocycles. The van der Waals surface area contributed by atoms with E-state index >= 15 is 0 Å². The third-order valence-electron chi connectivity index (χ3n) is 2.82. The molecule has 0 saturated carbocycles. The molecule has 98 valence electrons. The number of ether oxygens (including phenoxy) is 1. The lowest BCUT2D eigenvalue weighted by atomic mass is 10.1. The molecule has 0 fully saturated rings. The molecule has 4 heteroatoms. The molecule has 0 amide bonds. The molecule has 0 spiro atoms. The molecular weight excluding hydrogens is 240 g/mol. The minimum Gasteiger partial charge on any atom is -0.497 e. The van der Waals surface area contributed by atoms with Crippen molar-refractivity contribution in [2.24, 2.45) is 7.05 Å². The number of aromatic nitrogens is 2. The third-order valence-corrected chi connectivity index (χ3v) is 2.82. The van der Waals surface area contributed by atoms with E-state index in [2.05, 4.69) is 5.10 Å². The van der Waals surface area contributed by atoms with Gasteiger partial charge in [-0.05, 0) is 30.7 Å². The maximum atomic E-state index is 12.0. The van der Waals surface area contributed by atoms with Crippen molar-refractivity contribution in [2.75, 3.05) is 7.11 Å². The van der Waals surface area contributed by atoms with Gasteiger partial charge < -0.3 is 4.74 Å². The van der Waals surface area contributed by atoms with Crippen LogP contribution in [0.3, 0.4) is 0 Å². The Morgan fingerprint density at radius 2 is 2.00 bits per heavy atom. The van der Waals surface area contributed by atoms with Crippen LogP contribution in [0.2, 0.25) is 0 Å². The van der Waals surface area contributed by atoms with Crippen LogP contribution < -0.4 is 4.74 Å². The fourth-order valence-electron chi connectivity index (χ4n) is 1.82. The molecule has 4 nitrogen and oxygen atoms in total. The standard InChI is InChI=1S/C15H16N2O2/c1-11-14(10-17(2)16-11)15(18)9-6-12-4-7-13(19-3)8-5-12/h4-10H,1-3H3/b9-6+. The zero-order valence-electron chi connectivity index (χ0n) is 11.3. The molecule has 0 unspecified atom stereocenters. The number of methoxy groups -OCH3 is 1. The van der Waals surface area contributed by atoms with Gasteiger partial charge in [0.05, 0.1) is 18.4 Å². The zero-order chi connectivity index (χ0) is 13.8. The minimum absolute atomic E-state index is 0.0404. The summed E-state index contributed by atoms with van der Waals surface area (Å²) in [5.74, 6) is 0.757. The number of aryl methyl sites for hydroxylation is 2. The smallest absolute Gasteiger partial charge is 0.189 e. The Balaban J connectivity index is 2.13. The van der Waals surface area contributed by atoms with Crippen LogP contribution in [0.15, 0.2) is 36.5 Å². The fourth-order valence-corrected chi connectivity index (χ4v) is 1.82. The monoisotopic (exact) mass is 256 g/mol. The number of allylic oxidation sites excluding steroid dienone is 1. The van der Waals surface area contributed by atoms with E-state index in [-0.39, 0.29) is 5.78 Å². The van der Waals surface area contributed by atoms with E-state index in [1.807, 2.05) is 31.2 Å². The Bertz CT molecular complexity index is 610. The maximum absolute atomic E-state index is 12.0. The van der Waals surface area contributed by atoms with Gasteiger partial charge in [-0.25, -0.2) is 0 Å². The molecule has 19 heavy (non-hydrogen) atoms. The predicted molar refractivity (Wildman–Crippen MR) is 74.3 cm³/mol. The number of hydrogen-bond acceptors (Lipinski definition) is 3. The summed E-state index contributed by atoms with van der Waals surface area (Å²) in [6.07, 6.45) is 5.08. The SMILES string of the molecule is COc1ccc(/C=C/C(=O)c2cn(C)nc2C)cc1. The topological polar surface area (TPSA) is 44.1 Å². The molecule has 0 atom stereocenters. The molecule has 0 radical (unpaired) electrons. The van der Waals surface area contributed by atoms with Gasteiger partial charge in [-0.15, -0.1) is 0 Å². The van der Waals surface area contributed by atoms with Crippen LogP contribution in [0.25, 0.3) is 6.08 Å². The summed E-state index contributed by atoms with van der Waals surface area (Å²) in [4.78, 5) is 12.0. The van der Waals surface area contributed by atoms with E-state index in [4.69, 9.17) is 4.74 Å². The highest BCUT2D eigenvalue weighted by Gasteiger charge is 2.09. The maximum Gasteiger partial charge on any atom is 0.189 e. The van der Waals surface area contributed by atoms with Crippen molar-refractivity contribution in [1.29, 1.82) is 0 Å². The number of ketones is 1. The van der Waals surface area contributed by atoms with E-state index in [0.717, 1.165) is 17.0 Å². The summed E-state index contributed by atoms with van der Waals surface area (Å²) in [5.41, 5.74) is 2.33. The largest absolute Gasteiger partial charge is 0.497 e. The first kappa shape index (κ1) is 13.1. The zero-order valence-corrected chi connectivity index (χ0v) is 11.3. The summed E-state index contributed by atoms with van der Waals surface area (Å²) in [5, 5.41) is 4.16. The molecule has 1 heterocycles. The first-order chi connectivity index (χ1) is 9.10. The highest BCUT2D eigenvalue weighted by Crippen LogP contribution is 2.13. The van der Waals surface area contributed by atoms with Crippen molar-refractivity contribution in [2.45, 2.75) is 6.92 Å². The molecule has 0 bridgehead atoms. The van der Waals surface area contributed by atoms with Gasteiger partial charge in [0.2, 0.25) is 0 Å². The minimum atomic E-state index is -0.0404. The number of hydrogen-bond donors (Lipinski definition) is 0. The number of carbonyl (C=O) groups excluding carboxylic acids is 1. The number of rotatable bonds is 4. The van der Waals surface area contributed by atoms with Crippen LogP contribution in [0.5, 0.6) is 5.75 Å². The summed E-state index contributed by atoms with van der Waals surface area (Å²) in [6, 6.07) is 7.52. The second kappa shape index (κ2) is 5.52. The van der Waals surface area contributed by atoms with Gasteiger partial charge in [0.25, 0.3) is 0 Å². The highest BCUT2D eigenvalue weighted by molar-refractivity contribution is 6.07. The first-order valence-electron chi connectivity index (χ1n) is 5.97. The summed E-state index contributed by atoms with van der Waals surface area (Å²) < 4.78 is 6.72. The third kappa shape index (κ3) is 3.10. The Kier molecular flexibility index (Phi) is 3.80. The average Bonchev–Trinajstić information content (AvgIpc) is 2.75. The van der Waals surface area contributed by atoms with E-state index in [1.165, 1.54) is 0 Å². The Labute approximate surface area is 112 Å². The van der Waals surface area contributed by atoms with Crippen molar-refractivity contribution in [3.63, 3.8) is 0 Å². The van der Waals surface area contributed by atoms with Crippen LogP contribution in [-0.4, -0.2) is 22.7 Å². The molecule has 0 aliphatic heterocycles. The van der Waals surface area contributed by atoms with Gasteiger partial charge in [0.15, 0.2) is 5.78 Å². The lowest BCUT2D eigenvalue weighted by molar-refractivity contribution is 0.104. The van der Waals surface area contributed by atoms with Gasteiger partial charge >= 0.3 is 0 Å². The Morgan fingerprint density at radius 3 is 2.53 bits per heavy atom. The lowest BCUT2D eigenvalue weighted by Crippen LogP contribution is -1.94. The Hall–Kier alpha value is -2.36. The predicted octanol–water partition coefficient (Wildman–Crippen LogP) is 2.63. The molecule has 1 aromatic carbocycles. The average molecular weight is 256 g/mol.